The summed E-state index contributed by atoms with van der Waals surface area (Å²) in [5.41, 5.74) is 9.96. The Morgan fingerprint density at radius 2 is 2.10 bits per heavy atom. The van der Waals surface area contributed by atoms with Crippen LogP contribution in [-0.2, 0) is 4.79 Å². The molecule has 2 aromatic carbocycles. The van der Waals surface area contributed by atoms with E-state index in [2.05, 4.69) is 38.4 Å². The number of carbonyl (C=O) groups excluding carboxylic acids is 1. The number of rotatable bonds is 6. The highest BCUT2D eigenvalue weighted by atomic mass is 16.2. The normalized spacial score (nSPS) is 21.1. The lowest BCUT2D eigenvalue weighted by molar-refractivity contribution is -0.117. The van der Waals surface area contributed by atoms with Crippen LogP contribution in [0, 0.1) is 18.3 Å². The van der Waals surface area contributed by atoms with E-state index in [4.69, 9.17) is 12.2 Å². The first-order chi connectivity index (χ1) is 15.0. The van der Waals surface area contributed by atoms with E-state index in [-0.39, 0.29) is 5.91 Å². The number of fused-ring (bicyclic) bond motifs is 1. The fourth-order valence-electron chi connectivity index (χ4n) is 4.44. The van der Waals surface area contributed by atoms with Crippen molar-refractivity contribution >= 4 is 28.8 Å². The van der Waals surface area contributed by atoms with Gasteiger partial charge in [-0.1, -0.05) is 12.0 Å². The van der Waals surface area contributed by atoms with Gasteiger partial charge in [0.15, 0.2) is 0 Å². The number of hydrogen-bond acceptors (Lipinski definition) is 5. The van der Waals surface area contributed by atoms with Crippen LogP contribution < -0.4 is 16.4 Å². The molecular formula is C24H28N6O. The summed E-state index contributed by atoms with van der Waals surface area (Å²) in [6, 6.07) is 13.5. The average molecular weight is 417 g/mol. The Morgan fingerprint density at radius 3 is 2.81 bits per heavy atom. The van der Waals surface area contributed by atoms with E-state index in [1.807, 2.05) is 43.4 Å². The maximum Gasteiger partial charge on any atom is 0.238 e. The van der Waals surface area contributed by atoms with Crippen LogP contribution in [0.3, 0.4) is 0 Å². The Bertz CT molecular complexity index is 1060. The van der Waals surface area contributed by atoms with Crippen LogP contribution in [0.1, 0.15) is 11.1 Å². The number of likely N-dealkylation sites (N-methyl/N-ethyl adjacent to an activating group) is 1. The standard InChI is InChI=1S/C24H28N6O/c1-4-16-6-5-7-18(10-16)28-24(25)20-11-19(8-9-21(20)26-2)27-23(31)15-30-13-17-12-29(3)22(17)14-30/h1,5-11,17,22,26H,12-15H2,2-3H3,(H2,25,28)(H,27,31). The van der Waals surface area contributed by atoms with Gasteiger partial charge in [0.2, 0.25) is 5.91 Å². The Balaban J connectivity index is 1.47. The summed E-state index contributed by atoms with van der Waals surface area (Å²) in [6.07, 6.45) is 5.47. The first kappa shape index (κ1) is 20.9. The van der Waals surface area contributed by atoms with Crippen LogP contribution in [0.2, 0.25) is 0 Å². The minimum absolute atomic E-state index is 0.0238. The van der Waals surface area contributed by atoms with Gasteiger partial charge in [0.1, 0.15) is 5.84 Å². The largest absolute Gasteiger partial charge is 0.388 e. The first-order valence-corrected chi connectivity index (χ1v) is 10.4. The van der Waals surface area contributed by atoms with Crippen molar-refractivity contribution in [2.24, 2.45) is 16.6 Å². The van der Waals surface area contributed by atoms with Gasteiger partial charge in [-0.2, -0.15) is 0 Å². The fourth-order valence-corrected chi connectivity index (χ4v) is 4.44. The highest BCUT2D eigenvalue weighted by molar-refractivity contribution is 6.05. The maximum atomic E-state index is 12.6. The zero-order valence-corrected chi connectivity index (χ0v) is 17.9. The molecule has 2 aromatic rings. The quantitative estimate of drug-likeness (QED) is 0.381. The van der Waals surface area contributed by atoms with Crippen molar-refractivity contribution < 1.29 is 4.79 Å². The predicted molar refractivity (Wildman–Crippen MR) is 126 cm³/mol. The van der Waals surface area contributed by atoms with Crippen molar-refractivity contribution in [3.05, 3.63) is 53.6 Å². The number of terminal acetylenes is 1. The SMILES string of the molecule is C#Cc1cccc(N=C(N)c2cc(NC(=O)CN3CC4CN(C)C4C3)ccc2NC)c1. The van der Waals surface area contributed by atoms with Crippen LogP contribution in [-0.4, -0.2) is 67.9 Å². The molecule has 7 heteroatoms. The van der Waals surface area contributed by atoms with Gasteiger partial charge in [-0.25, -0.2) is 4.99 Å². The van der Waals surface area contributed by atoms with Gasteiger partial charge >= 0.3 is 0 Å². The zero-order valence-electron chi connectivity index (χ0n) is 17.9. The lowest BCUT2D eigenvalue weighted by Gasteiger charge is -2.40. The van der Waals surface area contributed by atoms with Gasteiger partial charge in [-0.15, -0.1) is 6.42 Å². The van der Waals surface area contributed by atoms with Crippen molar-refractivity contribution in [1.29, 1.82) is 0 Å². The van der Waals surface area contributed by atoms with Crippen molar-refractivity contribution in [3.8, 4) is 12.3 Å². The smallest absolute Gasteiger partial charge is 0.238 e. The summed E-state index contributed by atoms with van der Waals surface area (Å²) >= 11 is 0. The second kappa shape index (κ2) is 8.80. The van der Waals surface area contributed by atoms with Gasteiger partial charge in [-0.3, -0.25) is 9.69 Å². The van der Waals surface area contributed by atoms with Crippen molar-refractivity contribution in [1.82, 2.24) is 9.80 Å². The number of carbonyl (C=O) groups is 1. The minimum atomic E-state index is -0.0238. The van der Waals surface area contributed by atoms with E-state index in [1.54, 1.807) is 6.07 Å². The first-order valence-electron chi connectivity index (χ1n) is 10.4. The summed E-state index contributed by atoms with van der Waals surface area (Å²) in [5, 5.41) is 6.13. The molecule has 2 heterocycles. The average Bonchev–Trinajstić information content (AvgIpc) is 3.09. The monoisotopic (exact) mass is 416 g/mol. The summed E-state index contributed by atoms with van der Waals surface area (Å²) in [6.45, 7) is 3.46. The second-order valence-corrected chi connectivity index (χ2v) is 8.21. The van der Waals surface area contributed by atoms with Gasteiger partial charge in [-0.05, 0) is 43.4 Å². The molecule has 0 spiro atoms. The van der Waals surface area contributed by atoms with E-state index in [0.29, 0.717) is 41.3 Å². The number of amidine groups is 1. The number of aliphatic imine (C=N–C) groups is 1. The number of nitrogens with one attached hydrogen (secondary N) is 2. The van der Waals surface area contributed by atoms with E-state index in [1.165, 1.54) is 0 Å². The highest BCUT2D eigenvalue weighted by Gasteiger charge is 2.43. The molecule has 4 N–H and O–H groups in total. The van der Waals surface area contributed by atoms with Crippen LogP contribution in [0.25, 0.3) is 0 Å². The minimum Gasteiger partial charge on any atom is -0.388 e. The maximum absolute atomic E-state index is 12.6. The van der Waals surface area contributed by atoms with Crippen molar-refractivity contribution in [3.63, 3.8) is 0 Å². The molecule has 0 bridgehead atoms. The van der Waals surface area contributed by atoms with Gasteiger partial charge in [0, 0.05) is 61.1 Å². The molecule has 0 aromatic heterocycles. The molecule has 4 rings (SSSR count). The molecule has 2 unspecified atom stereocenters. The molecule has 160 valence electrons. The number of nitrogens with two attached hydrogens (primary N) is 1. The highest BCUT2D eigenvalue weighted by Crippen LogP contribution is 2.30. The molecule has 31 heavy (non-hydrogen) atoms. The third-order valence-electron chi connectivity index (χ3n) is 6.05. The van der Waals surface area contributed by atoms with Gasteiger partial charge in [0.25, 0.3) is 0 Å². The third-order valence-corrected chi connectivity index (χ3v) is 6.05. The molecule has 0 aliphatic carbocycles. The van der Waals surface area contributed by atoms with Crippen molar-refractivity contribution in [2.75, 3.05) is 50.9 Å². The summed E-state index contributed by atoms with van der Waals surface area (Å²) in [5.74, 6) is 3.61. The number of nitrogens with zero attached hydrogens (tertiary/aromatic N) is 3. The predicted octanol–water partition coefficient (Wildman–Crippen LogP) is 1.93. The number of likely N-dealkylation sites (tertiary alicyclic amines) is 2. The number of benzene rings is 2. The fraction of sp³-hybridized carbons (Fsp3) is 0.333. The lowest BCUT2D eigenvalue weighted by atomic mass is 9.93. The molecule has 0 radical (unpaired) electrons. The molecule has 2 saturated heterocycles. The summed E-state index contributed by atoms with van der Waals surface area (Å²) < 4.78 is 0. The molecule has 2 atom stereocenters. The van der Waals surface area contributed by atoms with Crippen LogP contribution >= 0.6 is 0 Å². The van der Waals surface area contributed by atoms with Crippen molar-refractivity contribution in [2.45, 2.75) is 6.04 Å². The lowest BCUT2D eigenvalue weighted by Crippen LogP contribution is -2.52. The van der Waals surface area contributed by atoms with Gasteiger partial charge in [0.05, 0.1) is 12.2 Å². The zero-order chi connectivity index (χ0) is 22.0. The Morgan fingerprint density at radius 1 is 1.26 bits per heavy atom. The number of anilines is 2. The molecule has 2 aliphatic heterocycles. The Hall–Kier alpha value is -3.34. The molecule has 7 nitrogen and oxygen atoms in total. The Kier molecular flexibility index (Phi) is 5.94. The van der Waals surface area contributed by atoms with Crippen LogP contribution in [0.15, 0.2) is 47.5 Å². The molecule has 2 fully saturated rings. The van der Waals surface area contributed by atoms with E-state index < -0.39 is 0 Å². The third kappa shape index (κ3) is 4.55. The van der Waals surface area contributed by atoms with Crippen LogP contribution in [0.5, 0.6) is 0 Å². The van der Waals surface area contributed by atoms with Crippen LogP contribution in [0.4, 0.5) is 17.1 Å². The van der Waals surface area contributed by atoms with E-state index in [9.17, 15) is 4.79 Å². The van der Waals surface area contributed by atoms with Gasteiger partial charge < -0.3 is 21.3 Å². The molecule has 1 amide bonds. The Labute approximate surface area is 183 Å². The summed E-state index contributed by atoms with van der Waals surface area (Å²) in [4.78, 5) is 21.7. The second-order valence-electron chi connectivity index (χ2n) is 8.21. The number of amides is 1. The van der Waals surface area contributed by atoms with E-state index in [0.717, 1.165) is 30.9 Å². The topological polar surface area (TPSA) is 86.0 Å². The van der Waals surface area contributed by atoms with E-state index >= 15 is 0 Å². The summed E-state index contributed by atoms with van der Waals surface area (Å²) in [7, 11) is 3.96. The molecular weight excluding hydrogens is 388 g/mol. The number of hydrogen-bond donors (Lipinski definition) is 3. The molecule has 2 aliphatic rings. The molecule has 0 saturated carbocycles.